The number of rotatable bonds is 8. The van der Waals surface area contributed by atoms with Crippen LogP contribution in [0.1, 0.15) is 26.7 Å². The molecule has 0 aliphatic heterocycles. The number of nitrogens with one attached hydrogen (secondary N) is 1. The lowest BCUT2D eigenvalue weighted by Crippen LogP contribution is -2.40. The molecule has 0 amide bonds. The standard InChI is InChI=1S/C16H25NO3/c1-12(16(2)7-8-16)17-10-13(18)11-20-15-6-4-5-14(9-15)19-3/h4-6,9,12-13,17-18H,7-8,10-11H2,1-3H3/t12-,13-/m0/s1. The van der Waals surface area contributed by atoms with Gasteiger partial charge in [-0.1, -0.05) is 13.0 Å². The maximum Gasteiger partial charge on any atom is 0.123 e. The van der Waals surface area contributed by atoms with Gasteiger partial charge >= 0.3 is 0 Å². The zero-order valence-electron chi connectivity index (χ0n) is 12.6. The molecule has 0 spiro atoms. The van der Waals surface area contributed by atoms with Crippen LogP contribution in [0.15, 0.2) is 24.3 Å². The number of aliphatic hydroxyl groups excluding tert-OH is 1. The monoisotopic (exact) mass is 279 g/mol. The van der Waals surface area contributed by atoms with E-state index >= 15 is 0 Å². The van der Waals surface area contributed by atoms with E-state index in [-0.39, 0.29) is 6.61 Å². The van der Waals surface area contributed by atoms with E-state index < -0.39 is 6.10 Å². The predicted octanol–water partition coefficient (Wildman–Crippen LogP) is 2.21. The van der Waals surface area contributed by atoms with Crippen molar-refractivity contribution in [2.75, 3.05) is 20.3 Å². The Morgan fingerprint density at radius 2 is 2.05 bits per heavy atom. The third-order valence-electron chi connectivity index (χ3n) is 4.23. The summed E-state index contributed by atoms with van der Waals surface area (Å²) in [6, 6.07) is 7.84. The van der Waals surface area contributed by atoms with Crippen LogP contribution in [-0.4, -0.2) is 37.5 Å². The highest BCUT2D eigenvalue weighted by atomic mass is 16.5. The molecule has 1 fully saturated rings. The number of hydrogen-bond acceptors (Lipinski definition) is 4. The van der Waals surface area contributed by atoms with Gasteiger partial charge in [0.1, 0.15) is 24.2 Å². The van der Waals surface area contributed by atoms with Gasteiger partial charge in [0.2, 0.25) is 0 Å². The van der Waals surface area contributed by atoms with Crippen LogP contribution in [0, 0.1) is 5.41 Å². The quantitative estimate of drug-likeness (QED) is 0.766. The summed E-state index contributed by atoms with van der Waals surface area (Å²) in [5, 5.41) is 13.3. The van der Waals surface area contributed by atoms with Crippen LogP contribution in [0.5, 0.6) is 11.5 Å². The normalized spacial score (nSPS) is 19.2. The van der Waals surface area contributed by atoms with Crippen molar-refractivity contribution < 1.29 is 14.6 Å². The fourth-order valence-electron chi connectivity index (χ4n) is 2.13. The van der Waals surface area contributed by atoms with Crippen LogP contribution >= 0.6 is 0 Å². The molecule has 4 nitrogen and oxygen atoms in total. The van der Waals surface area contributed by atoms with Crippen LogP contribution in [0.3, 0.4) is 0 Å². The fourth-order valence-corrected chi connectivity index (χ4v) is 2.13. The third kappa shape index (κ3) is 4.12. The van der Waals surface area contributed by atoms with Gasteiger partial charge in [0.25, 0.3) is 0 Å². The van der Waals surface area contributed by atoms with Crippen molar-refractivity contribution in [3.05, 3.63) is 24.3 Å². The van der Waals surface area contributed by atoms with Crippen molar-refractivity contribution in [3.63, 3.8) is 0 Å². The second-order valence-electron chi connectivity index (χ2n) is 5.93. The Morgan fingerprint density at radius 1 is 1.35 bits per heavy atom. The van der Waals surface area contributed by atoms with Gasteiger partial charge in [0.15, 0.2) is 0 Å². The average molecular weight is 279 g/mol. The molecule has 1 aromatic rings. The predicted molar refractivity (Wildman–Crippen MR) is 79.3 cm³/mol. The molecule has 0 saturated heterocycles. The first-order valence-electron chi connectivity index (χ1n) is 7.22. The molecular formula is C16H25NO3. The molecule has 4 heteroatoms. The molecule has 0 aromatic heterocycles. The molecule has 0 radical (unpaired) electrons. The van der Waals surface area contributed by atoms with E-state index in [9.17, 15) is 5.11 Å². The van der Waals surface area contributed by atoms with Crippen molar-refractivity contribution in [1.82, 2.24) is 5.32 Å². The fraction of sp³-hybridized carbons (Fsp3) is 0.625. The average Bonchev–Trinajstić information content (AvgIpc) is 3.22. The van der Waals surface area contributed by atoms with E-state index in [1.807, 2.05) is 24.3 Å². The Hall–Kier alpha value is -1.26. The van der Waals surface area contributed by atoms with Crippen LogP contribution in [0.2, 0.25) is 0 Å². The Balaban J connectivity index is 1.70. The summed E-state index contributed by atoms with van der Waals surface area (Å²) in [6.07, 6.45) is 2.04. The molecular weight excluding hydrogens is 254 g/mol. The number of hydrogen-bond donors (Lipinski definition) is 2. The van der Waals surface area contributed by atoms with Gasteiger partial charge in [-0.05, 0) is 37.3 Å². The maximum absolute atomic E-state index is 9.95. The minimum absolute atomic E-state index is 0.281. The molecule has 20 heavy (non-hydrogen) atoms. The molecule has 2 atom stereocenters. The smallest absolute Gasteiger partial charge is 0.123 e. The first-order chi connectivity index (χ1) is 9.53. The van der Waals surface area contributed by atoms with Crippen molar-refractivity contribution in [2.45, 2.75) is 38.8 Å². The summed E-state index contributed by atoms with van der Waals surface area (Å²) in [5.41, 5.74) is 0.424. The molecule has 1 aliphatic rings. The van der Waals surface area contributed by atoms with Gasteiger partial charge in [0, 0.05) is 18.7 Å². The topological polar surface area (TPSA) is 50.7 Å². The maximum atomic E-state index is 9.95. The van der Waals surface area contributed by atoms with E-state index in [0.717, 1.165) is 5.75 Å². The summed E-state index contributed by atoms with van der Waals surface area (Å²) < 4.78 is 10.7. The summed E-state index contributed by atoms with van der Waals surface area (Å²) in [5.74, 6) is 1.47. The Morgan fingerprint density at radius 3 is 2.70 bits per heavy atom. The first kappa shape index (κ1) is 15.1. The lowest BCUT2D eigenvalue weighted by molar-refractivity contribution is 0.101. The van der Waals surface area contributed by atoms with E-state index in [0.29, 0.717) is 23.8 Å². The molecule has 112 valence electrons. The summed E-state index contributed by atoms with van der Waals surface area (Å²) in [6.45, 7) is 5.30. The second kappa shape index (κ2) is 6.46. The van der Waals surface area contributed by atoms with Gasteiger partial charge in [-0.25, -0.2) is 0 Å². The number of benzene rings is 1. The first-order valence-corrected chi connectivity index (χ1v) is 7.22. The lowest BCUT2D eigenvalue weighted by atomic mass is 10.0. The van der Waals surface area contributed by atoms with Gasteiger partial charge in [0.05, 0.1) is 7.11 Å². The van der Waals surface area contributed by atoms with Gasteiger partial charge in [-0.15, -0.1) is 0 Å². The minimum Gasteiger partial charge on any atom is -0.497 e. The summed E-state index contributed by atoms with van der Waals surface area (Å²) in [4.78, 5) is 0. The van der Waals surface area contributed by atoms with Crippen LogP contribution in [0.25, 0.3) is 0 Å². The number of ether oxygens (including phenoxy) is 2. The Labute approximate surface area is 121 Å². The van der Waals surface area contributed by atoms with Crippen molar-refractivity contribution in [2.24, 2.45) is 5.41 Å². The summed E-state index contributed by atoms with van der Waals surface area (Å²) >= 11 is 0. The minimum atomic E-state index is -0.508. The van der Waals surface area contributed by atoms with Crippen LogP contribution in [-0.2, 0) is 0 Å². The van der Waals surface area contributed by atoms with Gasteiger partial charge in [-0.3, -0.25) is 0 Å². The molecule has 1 aromatic carbocycles. The molecule has 1 aliphatic carbocycles. The highest BCUT2D eigenvalue weighted by molar-refractivity contribution is 5.32. The largest absolute Gasteiger partial charge is 0.497 e. The van der Waals surface area contributed by atoms with Crippen LogP contribution < -0.4 is 14.8 Å². The van der Waals surface area contributed by atoms with Gasteiger partial charge in [-0.2, -0.15) is 0 Å². The molecule has 0 heterocycles. The SMILES string of the molecule is COc1cccc(OC[C@@H](O)CN[C@@H](C)C2(C)CC2)c1. The lowest BCUT2D eigenvalue weighted by Gasteiger charge is -2.22. The third-order valence-corrected chi connectivity index (χ3v) is 4.23. The second-order valence-corrected chi connectivity index (χ2v) is 5.93. The zero-order chi connectivity index (χ0) is 14.6. The highest BCUT2D eigenvalue weighted by Crippen LogP contribution is 2.47. The molecule has 0 unspecified atom stereocenters. The summed E-state index contributed by atoms with van der Waals surface area (Å²) in [7, 11) is 1.62. The number of methoxy groups -OCH3 is 1. The van der Waals surface area contributed by atoms with E-state index in [1.165, 1.54) is 12.8 Å². The van der Waals surface area contributed by atoms with Gasteiger partial charge < -0.3 is 19.9 Å². The Bertz CT molecular complexity index is 431. The van der Waals surface area contributed by atoms with Crippen molar-refractivity contribution in [1.29, 1.82) is 0 Å². The Kier molecular flexibility index (Phi) is 4.89. The van der Waals surface area contributed by atoms with E-state index in [2.05, 4.69) is 19.2 Å². The molecule has 0 bridgehead atoms. The van der Waals surface area contributed by atoms with Crippen molar-refractivity contribution in [3.8, 4) is 11.5 Å². The van der Waals surface area contributed by atoms with Crippen LogP contribution in [0.4, 0.5) is 0 Å². The van der Waals surface area contributed by atoms with Crippen molar-refractivity contribution >= 4 is 0 Å². The number of aliphatic hydroxyl groups is 1. The highest BCUT2D eigenvalue weighted by Gasteiger charge is 2.42. The molecule has 1 saturated carbocycles. The molecule has 2 rings (SSSR count). The van der Waals surface area contributed by atoms with E-state index in [4.69, 9.17) is 9.47 Å². The zero-order valence-corrected chi connectivity index (χ0v) is 12.6. The molecule has 2 N–H and O–H groups in total. The van der Waals surface area contributed by atoms with E-state index in [1.54, 1.807) is 7.11 Å².